The van der Waals surface area contributed by atoms with E-state index in [9.17, 15) is 9.59 Å². The average molecular weight is 312 g/mol. The van der Waals surface area contributed by atoms with Crippen molar-refractivity contribution >= 4 is 23.5 Å². The Balaban J connectivity index is 1.78. The predicted octanol–water partition coefficient (Wildman–Crippen LogP) is 2.43. The summed E-state index contributed by atoms with van der Waals surface area (Å²) in [6.07, 6.45) is 0.727. The van der Waals surface area contributed by atoms with Gasteiger partial charge in [0.25, 0.3) is 0 Å². The maximum atomic E-state index is 12.0. The van der Waals surface area contributed by atoms with Gasteiger partial charge in [0.1, 0.15) is 5.75 Å². The Labute approximate surface area is 128 Å². The van der Waals surface area contributed by atoms with E-state index in [0.29, 0.717) is 23.7 Å². The van der Waals surface area contributed by atoms with Crippen LogP contribution in [0.25, 0.3) is 0 Å². The molecular formula is C15H18ClNO4. The molecule has 0 aromatic heterocycles. The molecule has 0 saturated carbocycles. The van der Waals surface area contributed by atoms with Crippen molar-refractivity contribution in [3.8, 4) is 5.75 Å². The first-order valence-electron chi connectivity index (χ1n) is 6.80. The summed E-state index contributed by atoms with van der Waals surface area (Å²) < 4.78 is 5.47. The van der Waals surface area contributed by atoms with Gasteiger partial charge in [-0.05, 0) is 37.6 Å². The number of likely N-dealkylation sites (tertiary alicyclic amines) is 1. The zero-order chi connectivity index (χ0) is 15.5. The van der Waals surface area contributed by atoms with Crippen molar-refractivity contribution in [1.82, 2.24) is 4.90 Å². The molecule has 1 fully saturated rings. The molecule has 1 saturated heterocycles. The van der Waals surface area contributed by atoms with E-state index in [1.165, 1.54) is 0 Å². The van der Waals surface area contributed by atoms with Gasteiger partial charge in [0.05, 0.1) is 18.4 Å². The lowest BCUT2D eigenvalue weighted by molar-refractivity contribution is -0.147. The van der Waals surface area contributed by atoms with Crippen LogP contribution in [0.1, 0.15) is 19.8 Å². The molecule has 1 unspecified atom stereocenters. The van der Waals surface area contributed by atoms with Crippen molar-refractivity contribution in [2.24, 2.45) is 5.41 Å². The Morgan fingerprint density at radius 2 is 2.05 bits per heavy atom. The standard InChI is InChI=1S/C15H18ClNO4/c1-15(14(19)20)7-8-17(10-15)13(18)6-9-21-12-4-2-11(16)3-5-12/h2-5H,6-10H2,1H3,(H,19,20). The Bertz CT molecular complexity index is 531. The first-order valence-corrected chi connectivity index (χ1v) is 7.18. The van der Waals surface area contributed by atoms with E-state index in [-0.39, 0.29) is 25.5 Å². The highest BCUT2D eigenvalue weighted by atomic mass is 35.5. The molecule has 21 heavy (non-hydrogen) atoms. The summed E-state index contributed by atoms with van der Waals surface area (Å²) in [6.45, 7) is 2.69. The third-order valence-electron chi connectivity index (χ3n) is 3.74. The van der Waals surface area contributed by atoms with Crippen LogP contribution >= 0.6 is 11.6 Å². The SMILES string of the molecule is CC1(C(=O)O)CCN(C(=O)CCOc2ccc(Cl)cc2)C1. The van der Waals surface area contributed by atoms with Gasteiger partial charge in [-0.2, -0.15) is 0 Å². The van der Waals surface area contributed by atoms with Gasteiger partial charge in [-0.1, -0.05) is 11.6 Å². The number of hydrogen-bond acceptors (Lipinski definition) is 3. The van der Waals surface area contributed by atoms with Crippen molar-refractivity contribution in [2.45, 2.75) is 19.8 Å². The number of rotatable bonds is 5. The van der Waals surface area contributed by atoms with Crippen LogP contribution < -0.4 is 4.74 Å². The minimum absolute atomic E-state index is 0.0751. The molecule has 1 aromatic rings. The summed E-state index contributed by atoms with van der Waals surface area (Å²) in [5.74, 6) is -0.270. The highest BCUT2D eigenvalue weighted by Gasteiger charge is 2.41. The monoisotopic (exact) mass is 311 g/mol. The van der Waals surface area contributed by atoms with Crippen LogP contribution in [0.4, 0.5) is 0 Å². The quantitative estimate of drug-likeness (QED) is 0.907. The van der Waals surface area contributed by atoms with Crippen LogP contribution in [0, 0.1) is 5.41 Å². The van der Waals surface area contributed by atoms with Crippen molar-refractivity contribution < 1.29 is 19.4 Å². The fourth-order valence-electron chi connectivity index (χ4n) is 2.29. The van der Waals surface area contributed by atoms with E-state index in [2.05, 4.69) is 0 Å². The highest BCUT2D eigenvalue weighted by Crippen LogP contribution is 2.30. The number of hydrogen-bond donors (Lipinski definition) is 1. The normalized spacial score (nSPS) is 21.3. The van der Waals surface area contributed by atoms with Crippen LogP contribution in [-0.2, 0) is 9.59 Å². The second-order valence-electron chi connectivity index (χ2n) is 5.48. The summed E-state index contributed by atoms with van der Waals surface area (Å²) in [5, 5.41) is 9.77. The first kappa shape index (κ1) is 15.6. The molecule has 0 bridgehead atoms. The predicted molar refractivity (Wildman–Crippen MR) is 78.5 cm³/mol. The maximum Gasteiger partial charge on any atom is 0.311 e. The second kappa shape index (κ2) is 6.35. The van der Waals surface area contributed by atoms with Gasteiger partial charge in [0.2, 0.25) is 5.91 Å². The van der Waals surface area contributed by atoms with E-state index >= 15 is 0 Å². The summed E-state index contributed by atoms with van der Waals surface area (Å²) in [4.78, 5) is 24.8. The topological polar surface area (TPSA) is 66.8 Å². The minimum Gasteiger partial charge on any atom is -0.493 e. The van der Waals surface area contributed by atoms with Crippen molar-refractivity contribution in [3.05, 3.63) is 29.3 Å². The number of carboxylic acids is 1. The lowest BCUT2D eigenvalue weighted by atomic mass is 9.90. The number of ether oxygens (including phenoxy) is 1. The van der Waals surface area contributed by atoms with Gasteiger partial charge in [0.15, 0.2) is 0 Å². The molecule has 2 rings (SSSR count). The van der Waals surface area contributed by atoms with Crippen molar-refractivity contribution in [1.29, 1.82) is 0 Å². The molecule has 0 spiro atoms. The van der Waals surface area contributed by atoms with E-state index < -0.39 is 11.4 Å². The fraction of sp³-hybridized carbons (Fsp3) is 0.467. The van der Waals surface area contributed by atoms with Gasteiger partial charge in [0, 0.05) is 18.1 Å². The highest BCUT2D eigenvalue weighted by molar-refractivity contribution is 6.30. The molecule has 1 aromatic carbocycles. The number of halogens is 1. The summed E-state index contributed by atoms with van der Waals surface area (Å²) in [5.41, 5.74) is -0.827. The first-order chi connectivity index (χ1) is 9.90. The lowest BCUT2D eigenvalue weighted by Gasteiger charge is -2.20. The second-order valence-corrected chi connectivity index (χ2v) is 5.92. The Morgan fingerprint density at radius 1 is 1.38 bits per heavy atom. The third-order valence-corrected chi connectivity index (χ3v) is 3.99. The maximum absolute atomic E-state index is 12.0. The van der Waals surface area contributed by atoms with Crippen LogP contribution in [0.2, 0.25) is 5.02 Å². The smallest absolute Gasteiger partial charge is 0.311 e. The molecule has 1 heterocycles. The van der Waals surface area contributed by atoms with Crippen LogP contribution in [0.15, 0.2) is 24.3 Å². The summed E-state index contributed by atoms with van der Waals surface area (Å²) in [7, 11) is 0. The third kappa shape index (κ3) is 3.88. The number of nitrogens with zero attached hydrogens (tertiary/aromatic N) is 1. The number of amides is 1. The molecule has 1 aliphatic rings. The Hall–Kier alpha value is -1.75. The molecule has 6 heteroatoms. The Kier molecular flexibility index (Phi) is 4.73. The van der Waals surface area contributed by atoms with E-state index in [1.54, 1.807) is 36.1 Å². The van der Waals surface area contributed by atoms with Crippen LogP contribution in [0.5, 0.6) is 5.75 Å². The molecule has 1 amide bonds. The average Bonchev–Trinajstić information content (AvgIpc) is 2.85. The Morgan fingerprint density at radius 3 is 2.62 bits per heavy atom. The van der Waals surface area contributed by atoms with Crippen molar-refractivity contribution in [2.75, 3.05) is 19.7 Å². The number of aliphatic carboxylic acids is 1. The molecule has 0 aliphatic carbocycles. The molecule has 1 aliphatic heterocycles. The molecule has 0 radical (unpaired) electrons. The minimum atomic E-state index is -0.852. The van der Waals surface area contributed by atoms with Crippen molar-refractivity contribution in [3.63, 3.8) is 0 Å². The fourth-order valence-corrected chi connectivity index (χ4v) is 2.42. The molecule has 114 valence electrons. The van der Waals surface area contributed by atoms with Gasteiger partial charge < -0.3 is 14.7 Å². The number of benzene rings is 1. The molecular weight excluding hydrogens is 294 g/mol. The van der Waals surface area contributed by atoms with Crippen LogP contribution in [0.3, 0.4) is 0 Å². The van der Waals surface area contributed by atoms with E-state index in [4.69, 9.17) is 21.4 Å². The molecule has 1 atom stereocenters. The van der Waals surface area contributed by atoms with Gasteiger partial charge in [-0.3, -0.25) is 9.59 Å². The number of carbonyl (C=O) groups is 2. The van der Waals surface area contributed by atoms with Gasteiger partial charge in [-0.15, -0.1) is 0 Å². The van der Waals surface area contributed by atoms with Crippen LogP contribution in [-0.4, -0.2) is 41.6 Å². The largest absolute Gasteiger partial charge is 0.493 e. The number of carboxylic acid groups (broad SMARTS) is 1. The van der Waals surface area contributed by atoms with E-state index in [1.807, 2.05) is 0 Å². The number of carbonyl (C=O) groups excluding carboxylic acids is 1. The van der Waals surface area contributed by atoms with E-state index in [0.717, 1.165) is 0 Å². The molecule has 1 N–H and O–H groups in total. The zero-order valence-electron chi connectivity index (χ0n) is 11.8. The van der Waals surface area contributed by atoms with Gasteiger partial charge >= 0.3 is 5.97 Å². The summed E-state index contributed by atoms with van der Waals surface area (Å²) >= 11 is 5.77. The van der Waals surface area contributed by atoms with Gasteiger partial charge in [-0.25, -0.2) is 0 Å². The lowest BCUT2D eigenvalue weighted by Crippen LogP contribution is -2.35. The zero-order valence-corrected chi connectivity index (χ0v) is 12.6. The molecule has 5 nitrogen and oxygen atoms in total. The summed E-state index contributed by atoms with van der Waals surface area (Å²) in [6, 6.07) is 6.92.